The van der Waals surface area contributed by atoms with Crippen LogP contribution in [0.2, 0.25) is 0 Å². The fraction of sp³-hybridized carbons (Fsp3) is 0.200. The Morgan fingerprint density at radius 2 is 1.80 bits per heavy atom. The van der Waals surface area contributed by atoms with Crippen LogP contribution in [-0.2, 0) is 4.74 Å². The van der Waals surface area contributed by atoms with Crippen molar-refractivity contribution in [2.24, 2.45) is 0 Å². The van der Waals surface area contributed by atoms with Gasteiger partial charge in [-0.25, -0.2) is 9.78 Å². The van der Waals surface area contributed by atoms with Gasteiger partial charge >= 0.3 is 6.09 Å². The van der Waals surface area contributed by atoms with E-state index in [1.54, 1.807) is 6.20 Å². The third kappa shape index (κ3) is 4.20. The number of fused-ring (bicyclic) bond motifs is 3. The van der Waals surface area contributed by atoms with Gasteiger partial charge in [-0.15, -0.1) is 0 Å². The van der Waals surface area contributed by atoms with Crippen LogP contribution in [0.3, 0.4) is 0 Å². The smallest absolute Gasteiger partial charge is 0.407 e. The molecule has 152 valence electrons. The van der Waals surface area contributed by atoms with Crippen molar-refractivity contribution in [2.75, 3.05) is 18.9 Å². The van der Waals surface area contributed by atoms with Crippen molar-refractivity contribution in [3.8, 4) is 11.1 Å². The van der Waals surface area contributed by atoms with Crippen molar-refractivity contribution in [1.82, 2.24) is 10.3 Å². The summed E-state index contributed by atoms with van der Waals surface area (Å²) < 4.78 is 5.54. The fourth-order valence-corrected chi connectivity index (χ4v) is 3.88. The molecule has 0 unspecified atom stereocenters. The first-order valence-corrected chi connectivity index (χ1v) is 10.1. The standard InChI is InChI=1S/C25H25N3O2/c1-17-14-24(26)28-15-18(17)8-6-7-13-27-25(29)30-16-23-21-11-4-2-9-19(21)20-10-3-5-12-22(20)23/h2-6,8-12,14-15,23H,7,13,16H2,1H3,(H2,26,28)(H,27,29). The van der Waals surface area contributed by atoms with Crippen LogP contribution in [-0.4, -0.2) is 24.2 Å². The van der Waals surface area contributed by atoms with E-state index >= 15 is 0 Å². The summed E-state index contributed by atoms with van der Waals surface area (Å²) in [5, 5.41) is 2.82. The predicted octanol–water partition coefficient (Wildman–Crippen LogP) is 4.91. The fourth-order valence-electron chi connectivity index (χ4n) is 3.88. The van der Waals surface area contributed by atoms with E-state index in [9.17, 15) is 4.79 Å². The Morgan fingerprint density at radius 1 is 1.13 bits per heavy atom. The number of carbonyl (C=O) groups excluding carboxylic acids is 1. The number of ether oxygens (including phenoxy) is 1. The topological polar surface area (TPSA) is 77.2 Å². The lowest BCUT2D eigenvalue weighted by atomic mass is 9.98. The van der Waals surface area contributed by atoms with Crippen molar-refractivity contribution in [3.63, 3.8) is 0 Å². The molecule has 3 N–H and O–H groups in total. The summed E-state index contributed by atoms with van der Waals surface area (Å²) in [7, 11) is 0. The number of alkyl carbamates (subject to hydrolysis) is 1. The Morgan fingerprint density at radius 3 is 2.47 bits per heavy atom. The highest BCUT2D eigenvalue weighted by Gasteiger charge is 2.28. The molecule has 30 heavy (non-hydrogen) atoms. The Balaban J connectivity index is 1.28. The summed E-state index contributed by atoms with van der Waals surface area (Å²) in [6, 6.07) is 18.5. The zero-order valence-electron chi connectivity index (χ0n) is 17.0. The minimum atomic E-state index is -0.393. The first-order chi connectivity index (χ1) is 14.6. The van der Waals surface area contributed by atoms with Crippen LogP contribution in [0.5, 0.6) is 0 Å². The Kier molecular flexibility index (Phi) is 5.80. The van der Waals surface area contributed by atoms with Gasteiger partial charge in [-0.2, -0.15) is 0 Å². The molecule has 0 radical (unpaired) electrons. The molecule has 1 aliphatic rings. The average molecular weight is 399 g/mol. The highest BCUT2D eigenvalue weighted by atomic mass is 16.5. The predicted molar refractivity (Wildman–Crippen MR) is 120 cm³/mol. The largest absolute Gasteiger partial charge is 0.449 e. The molecule has 1 amide bonds. The van der Waals surface area contributed by atoms with Gasteiger partial charge < -0.3 is 15.8 Å². The Labute approximate surface area is 176 Å². The number of nitrogens with two attached hydrogens (primary N) is 1. The molecule has 0 fully saturated rings. The van der Waals surface area contributed by atoms with Gasteiger partial charge in [0.25, 0.3) is 0 Å². The highest BCUT2D eigenvalue weighted by Crippen LogP contribution is 2.44. The van der Waals surface area contributed by atoms with Crippen molar-refractivity contribution in [2.45, 2.75) is 19.3 Å². The highest BCUT2D eigenvalue weighted by molar-refractivity contribution is 5.79. The molecule has 0 saturated carbocycles. The minimum Gasteiger partial charge on any atom is -0.449 e. The van der Waals surface area contributed by atoms with Crippen LogP contribution in [0, 0.1) is 6.92 Å². The van der Waals surface area contributed by atoms with Gasteiger partial charge in [0.2, 0.25) is 0 Å². The number of carbonyl (C=O) groups is 1. The normalized spacial score (nSPS) is 12.6. The van der Waals surface area contributed by atoms with E-state index in [2.05, 4.69) is 34.6 Å². The van der Waals surface area contributed by atoms with E-state index in [4.69, 9.17) is 10.5 Å². The number of nitrogens with zero attached hydrogens (tertiary/aromatic N) is 1. The Bertz CT molecular complexity index is 1050. The molecule has 1 aromatic heterocycles. The molecular formula is C25H25N3O2. The molecule has 5 heteroatoms. The molecular weight excluding hydrogens is 374 g/mol. The van der Waals surface area contributed by atoms with Crippen LogP contribution < -0.4 is 11.1 Å². The van der Waals surface area contributed by atoms with Crippen LogP contribution in [0.4, 0.5) is 10.6 Å². The van der Waals surface area contributed by atoms with Crippen LogP contribution in [0.1, 0.15) is 34.6 Å². The van der Waals surface area contributed by atoms with Gasteiger partial charge in [0.05, 0.1) is 0 Å². The van der Waals surface area contributed by atoms with Crippen molar-refractivity contribution in [3.05, 3.63) is 89.1 Å². The molecule has 3 aromatic rings. The number of aromatic nitrogens is 1. The second kappa shape index (κ2) is 8.82. The van der Waals surface area contributed by atoms with Crippen LogP contribution >= 0.6 is 0 Å². The van der Waals surface area contributed by atoms with Gasteiger partial charge in [-0.3, -0.25) is 0 Å². The molecule has 2 aromatic carbocycles. The molecule has 1 aliphatic carbocycles. The summed E-state index contributed by atoms with van der Waals surface area (Å²) in [5.74, 6) is 0.589. The van der Waals surface area contributed by atoms with E-state index in [1.165, 1.54) is 22.3 Å². The van der Waals surface area contributed by atoms with E-state index in [0.29, 0.717) is 25.4 Å². The number of aryl methyl sites for hydroxylation is 1. The maximum Gasteiger partial charge on any atom is 0.407 e. The lowest BCUT2D eigenvalue weighted by molar-refractivity contribution is 0.143. The third-order valence-corrected chi connectivity index (χ3v) is 5.39. The monoisotopic (exact) mass is 399 g/mol. The van der Waals surface area contributed by atoms with E-state index < -0.39 is 6.09 Å². The SMILES string of the molecule is Cc1cc(N)ncc1C=CCCNC(=O)OCC1c2ccccc2-c2ccccc21. The maximum atomic E-state index is 12.2. The maximum absolute atomic E-state index is 12.2. The Hall–Kier alpha value is -3.60. The number of hydrogen-bond acceptors (Lipinski definition) is 4. The summed E-state index contributed by atoms with van der Waals surface area (Å²) in [6.07, 6.45) is 6.05. The molecule has 0 bridgehead atoms. The minimum absolute atomic E-state index is 0.0732. The number of benzene rings is 2. The van der Waals surface area contributed by atoms with Crippen molar-refractivity contribution >= 4 is 18.0 Å². The lowest BCUT2D eigenvalue weighted by Crippen LogP contribution is -2.26. The molecule has 0 spiro atoms. The zero-order valence-corrected chi connectivity index (χ0v) is 17.0. The number of nitrogens with one attached hydrogen (secondary N) is 1. The summed E-state index contributed by atoms with van der Waals surface area (Å²) >= 11 is 0. The first kappa shape index (κ1) is 19.7. The molecule has 4 rings (SSSR count). The molecule has 0 saturated heterocycles. The summed E-state index contributed by atoms with van der Waals surface area (Å²) in [6.45, 7) is 2.83. The molecule has 0 aliphatic heterocycles. The summed E-state index contributed by atoms with van der Waals surface area (Å²) in [4.78, 5) is 16.3. The average Bonchev–Trinajstić information content (AvgIpc) is 3.07. The number of rotatable bonds is 6. The number of anilines is 1. The molecule has 0 atom stereocenters. The van der Waals surface area contributed by atoms with Gasteiger partial charge in [0.1, 0.15) is 12.4 Å². The number of pyridine rings is 1. The third-order valence-electron chi connectivity index (χ3n) is 5.39. The lowest BCUT2D eigenvalue weighted by Gasteiger charge is -2.14. The van der Waals surface area contributed by atoms with Gasteiger partial charge in [0, 0.05) is 18.7 Å². The second-order valence-corrected chi connectivity index (χ2v) is 7.41. The van der Waals surface area contributed by atoms with Crippen molar-refractivity contribution in [1.29, 1.82) is 0 Å². The van der Waals surface area contributed by atoms with E-state index in [-0.39, 0.29) is 5.92 Å². The molecule has 1 heterocycles. The van der Waals surface area contributed by atoms with Gasteiger partial charge in [0.15, 0.2) is 0 Å². The van der Waals surface area contributed by atoms with Crippen LogP contribution in [0.15, 0.2) is 66.9 Å². The van der Waals surface area contributed by atoms with E-state index in [1.807, 2.05) is 49.4 Å². The van der Waals surface area contributed by atoms with E-state index in [0.717, 1.165) is 11.1 Å². The van der Waals surface area contributed by atoms with Crippen molar-refractivity contribution < 1.29 is 9.53 Å². The summed E-state index contributed by atoms with van der Waals surface area (Å²) in [5.41, 5.74) is 12.6. The first-order valence-electron chi connectivity index (χ1n) is 10.1. The quantitative estimate of drug-likeness (QED) is 0.577. The number of nitrogen functional groups attached to an aromatic ring is 1. The van der Waals surface area contributed by atoms with Crippen LogP contribution in [0.25, 0.3) is 17.2 Å². The zero-order chi connectivity index (χ0) is 20.9. The van der Waals surface area contributed by atoms with Gasteiger partial charge in [-0.1, -0.05) is 60.7 Å². The number of amides is 1. The number of hydrogen-bond donors (Lipinski definition) is 2. The second-order valence-electron chi connectivity index (χ2n) is 7.41. The molecule has 5 nitrogen and oxygen atoms in total. The van der Waals surface area contributed by atoms with Gasteiger partial charge in [-0.05, 0) is 52.8 Å².